The van der Waals surface area contributed by atoms with E-state index in [1.54, 1.807) is 37.5 Å². The molecule has 0 radical (unpaired) electrons. The van der Waals surface area contributed by atoms with Crippen LogP contribution in [0.15, 0.2) is 47.1 Å². The third kappa shape index (κ3) is 5.01. The first-order chi connectivity index (χ1) is 11.0. The zero-order valence-electron chi connectivity index (χ0n) is 13.5. The minimum Gasteiger partial charge on any atom is -0.481 e. The number of benzene rings is 1. The molecule has 1 aromatic carbocycles. The lowest BCUT2D eigenvalue weighted by Gasteiger charge is -2.23. The summed E-state index contributed by atoms with van der Waals surface area (Å²) in [5, 5.41) is 3.46. The highest BCUT2D eigenvalue weighted by atomic mass is 35.5. The van der Waals surface area contributed by atoms with E-state index in [0.29, 0.717) is 17.3 Å². The predicted octanol–water partition coefficient (Wildman–Crippen LogP) is 3.12. The molecule has 6 heteroatoms. The summed E-state index contributed by atoms with van der Waals surface area (Å²) < 4.78 is 11.0. The number of halogens is 1. The molecule has 1 N–H and O–H groups in total. The predicted molar refractivity (Wildman–Crippen MR) is 89.7 cm³/mol. The Morgan fingerprint density at radius 3 is 2.74 bits per heavy atom. The molecule has 0 aliphatic carbocycles. The smallest absolute Gasteiger partial charge is 0.260 e. The first kappa shape index (κ1) is 17.4. The molecule has 2 rings (SSSR count). The van der Waals surface area contributed by atoms with Gasteiger partial charge in [0.2, 0.25) is 0 Å². The lowest BCUT2D eigenvalue weighted by atomic mass is 10.2. The van der Waals surface area contributed by atoms with Crippen molar-refractivity contribution in [1.29, 1.82) is 0 Å². The first-order valence-corrected chi connectivity index (χ1v) is 7.75. The van der Waals surface area contributed by atoms with E-state index >= 15 is 0 Å². The fourth-order valence-electron chi connectivity index (χ4n) is 2.16. The van der Waals surface area contributed by atoms with Crippen LogP contribution in [0.25, 0.3) is 0 Å². The molecule has 0 bridgehead atoms. The van der Waals surface area contributed by atoms with Gasteiger partial charge in [0, 0.05) is 11.6 Å². The van der Waals surface area contributed by atoms with E-state index in [4.69, 9.17) is 20.8 Å². The van der Waals surface area contributed by atoms with Crippen LogP contribution >= 0.6 is 11.6 Å². The lowest BCUT2D eigenvalue weighted by Crippen LogP contribution is -2.40. The molecule has 0 aliphatic heterocycles. The minimum atomic E-state index is -0.618. The molecule has 0 spiro atoms. The monoisotopic (exact) mass is 336 g/mol. The molecule has 1 aromatic heterocycles. The molecule has 5 nitrogen and oxygen atoms in total. The maximum Gasteiger partial charge on any atom is 0.260 e. The van der Waals surface area contributed by atoms with Gasteiger partial charge in [0.15, 0.2) is 6.10 Å². The number of amides is 1. The fourth-order valence-corrected chi connectivity index (χ4v) is 2.34. The second-order valence-corrected chi connectivity index (χ2v) is 5.89. The van der Waals surface area contributed by atoms with E-state index in [1.165, 1.54) is 0 Å². The van der Waals surface area contributed by atoms with Crippen LogP contribution in [-0.2, 0) is 4.79 Å². The molecule has 23 heavy (non-hydrogen) atoms. The van der Waals surface area contributed by atoms with E-state index in [-0.39, 0.29) is 11.9 Å². The van der Waals surface area contributed by atoms with E-state index in [1.807, 2.05) is 31.1 Å². The topological polar surface area (TPSA) is 54.7 Å². The van der Waals surface area contributed by atoms with E-state index in [9.17, 15) is 4.79 Å². The third-order valence-electron chi connectivity index (χ3n) is 3.44. The number of ether oxygens (including phenoxy) is 1. The number of nitrogens with zero attached hydrogens (tertiary/aromatic N) is 1. The van der Waals surface area contributed by atoms with Gasteiger partial charge in [0.25, 0.3) is 5.91 Å². The second-order valence-electron chi connectivity index (χ2n) is 5.46. The number of rotatable bonds is 7. The summed E-state index contributed by atoms with van der Waals surface area (Å²) >= 11 is 5.91. The van der Waals surface area contributed by atoms with Crippen molar-refractivity contribution in [1.82, 2.24) is 10.2 Å². The van der Waals surface area contributed by atoms with Crippen LogP contribution in [0.5, 0.6) is 5.75 Å². The number of nitrogens with one attached hydrogen (secondary N) is 1. The van der Waals surface area contributed by atoms with E-state index in [2.05, 4.69) is 5.32 Å². The first-order valence-electron chi connectivity index (χ1n) is 7.37. The Hall–Kier alpha value is -1.98. The van der Waals surface area contributed by atoms with Crippen LogP contribution in [0.4, 0.5) is 0 Å². The molecule has 1 heterocycles. The molecule has 0 aliphatic rings. The van der Waals surface area contributed by atoms with Gasteiger partial charge in [-0.15, -0.1) is 0 Å². The number of likely N-dealkylation sites (N-methyl/N-ethyl adjacent to an activating group) is 1. The normalized spacial score (nSPS) is 13.6. The van der Waals surface area contributed by atoms with Gasteiger partial charge in [0.05, 0.1) is 12.3 Å². The van der Waals surface area contributed by atoms with Crippen molar-refractivity contribution >= 4 is 17.5 Å². The highest BCUT2D eigenvalue weighted by molar-refractivity contribution is 6.30. The summed E-state index contributed by atoms with van der Waals surface area (Å²) in [5.41, 5.74) is 0. The lowest BCUT2D eigenvalue weighted by molar-refractivity contribution is -0.127. The summed E-state index contributed by atoms with van der Waals surface area (Å²) in [6, 6.07) is 10.7. The van der Waals surface area contributed by atoms with Crippen molar-refractivity contribution in [2.75, 3.05) is 20.6 Å². The Bertz CT molecular complexity index is 629. The van der Waals surface area contributed by atoms with E-state index < -0.39 is 6.10 Å². The van der Waals surface area contributed by atoms with Crippen molar-refractivity contribution in [3.63, 3.8) is 0 Å². The SMILES string of the molecule is CC(Oc1cccc(Cl)c1)C(=O)NCC(c1ccco1)N(C)C. The average Bonchev–Trinajstić information content (AvgIpc) is 3.01. The maximum atomic E-state index is 12.2. The van der Waals surface area contributed by atoms with Crippen molar-refractivity contribution in [3.8, 4) is 5.75 Å². The summed E-state index contributed by atoms with van der Waals surface area (Å²) in [5.74, 6) is 1.18. The van der Waals surface area contributed by atoms with Gasteiger partial charge in [-0.1, -0.05) is 17.7 Å². The molecular formula is C17H21ClN2O3. The Morgan fingerprint density at radius 2 is 2.13 bits per heavy atom. The van der Waals surface area contributed by atoms with Crippen LogP contribution in [0.3, 0.4) is 0 Å². The van der Waals surface area contributed by atoms with Crippen molar-refractivity contribution in [2.24, 2.45) is 0 Å². The Labute approximate surface area is 141 Å². The van der Waals surface area contributed by atoms with Crippen LogP contribution in [-0.4, -0.2) is 37.6 Å². The standard InChI is InChI=1S/C17H21ClN2O3/c1-12(23-14-7-4-6-13(18)10-14)17(21)19-11-15(20(2)3)16-8-5-9-22-16/h4-10,12,15H,11H2,1-3H3,(H,19,21). The Kier molecular flexibility index (Phi) is 6.07. The largest absolute Gasteiger partial charge is 0.481 e. The number of carbonyl (C=O) groups excluding carboxylic acids is 1. The van der Waals surface area contributed by atoms with Crippen LogP contribution in [0.1, 0.15) is 18.7 Å². The summed E-state index contributed by atoms with van der Waals surface area (Å²) in [7, 11) is 3.87. The number of hydrogen-bond acceptors (Lipinski definition) is 4. The van der Waals surface area contributed by atoms with Crippen LogP contribution < -0.4 is 10.1 Å². The fraction of sp³-hybridized carbons (Fsp3) is 0.353. The molecule has 1 amide bonds. The molecule has 2 atom stereocenters. The van der Waals surface area contributed by atoms with Gasteiger partial charge >= 0.3 is 0 Å². The number of furan rings is 1. The minimum absolute atomic E-state index is 0.0349. The van der Waals surface area contributed by atoms with Crippen LogP contribution in [0.2, 0.25) is 5.02 Å². The number of hydrogen-bond donors (Lipinski definition) is 1. The number of carbonyl (C=O) groups is 1. The van der Waals surface area contributed by atoms with Gasteiger partial charge in [-0.25, -0.2) is 0 Å². The van der Waals surface area contributed by atoms with Gasteiger partial charge in [-0.05, 0) is 51.4 Å². The Morgan fingerprint density at radius 1 is 1.35 bits per heavy atom. The molecule has 0 fully saturated rings. The third-order valence-corrected chi connectivity index (χ3v) is 3.68. The van der Waals surface area contributed by atoms with Crippen molar-refractivity contribution in [2.45, 2.75) is 19.1 Å². The van der Waals surface area contributed by atoms with Gasteiger partial charge in [-0.3, -0.25) is 9.69 Å². The average molecular weight is 337 g/mol. The molecule has 0 saturated heterocycles. The van der Waals surface area contributed by atoms with Crippen molar-refractivity contribution in [3.05, 3.63) is 53.4 Å². The highest BCUT2D eigenvalue weighted by Gasteiger charge is 2.20. The van der Waals surface area contributed by atoms with Crippen LogP contribution in [0, 0.1) is 0 Å². The molecule has 124 valence electrons. The zero-order chi connectivity index (χ0) is 16.8. The zero-order valence-corrected chi connectivity index (χ0v) is 14.2. The highest BCUT2D eigenvalue weighted by Crippen LogP contribution is 2.19. The molecule has 0 saturated carbocycles. The summed E-state index contributed by atoms with van der Waals surface area (Å²) in [6.07, 6.45) is 1.01. The summed E-state index contributed by atoms with van der Waals surface area (Å²) in [6.45, 7) is 2.14. The molecule has 2 unspecified atom stereocenters. The van der Waals surface area contributed by atoms with Crippen molar-refractivity contribution < 1.29 is 13.9 Å². The van der Waals surface area contributed by atoms with Gasteiger partial charge in [-0.2, -0.15) is 0 Å². The van der Waals surface area contributed by atoms with Gasteiger partial charge in [0.1, 0.15) is 11.5 Å². The van der Waals surface area contributed by atoms with E-state index in [0.717, 1.165) is 5.76 Å². The molecular weight excluding hydrogens is 316 g/mol. The molecule has 2 aromatic rings. The Balaban J connectivity index is 1.90. The maximum absolute atomic E-state index is 12.2. The second kappa shape index (κ2) is 8.04. The summed E-state index contributed by atoms with van der Waals surface area (Å²) in [4.78, 5) is 14.2. The van der Waals surface area contributed by atoms with Gasteiger partial charge < -0.3 is 14.5 Å². The quantitative estimate of drug-likeness (QED) is 0.844.